The molecule has 4 aromatic rings. The van der Waals surface area contributed by atoms with E-state index in [2.05, 4.69) is 4.57 Å². The van der Waals surface area contributed by atoms with Gasteiger partial charge in [-0.1, -0.05) is 42.5 Å². The summed E-state index contributed by atoms with van der Waals surface area (Å²) in [5.41, 5.74) is 7.22. The molecular weight excluding hydrogens is 478 g/mol. The Balaban J connectivity index is 1.67. The molecule has 5 rings (SSSR count). The Morgan fingerprint density at radius 3 is 1.81 bits per heavy atom. The summed E-state index contributed by atoms with van der Waals surface area (Å²) in [5.74, 6) is -0.874. The maximum atomic E-state index is 13.9. The second kappa shape index (κ2) is 9.64. The molecule has 1 saturated heterocycles. The molecule has 1 aliphatic rings. The van der Waals surface area contributed by atoms with Crippen molar-refractivity contribution >= 4 is 46.6 Å². The molecule has 6 heteroatoms. The topological polar surface area (TPSA) is 45.6 Å². The number of carbonyl (C=O) groups is 2. The molecule has 1 aromatic heterocycles. The predicted octanol–water partition coefficient (Wildman–Crippen LogP) is 6.46. The quantitative estimate of drug-likeness (QED) is 0.182. The van der Waals surface area contributed by atoms with E-state index in [1.807, 2.05) is 113 Å². The zero-order chi connectivity index (χ0) is 26.3. The third kappa shape index (κ3) is 4.30. The van der Waals surface area contributed by atoms with Crippen LogP contribution in [0.15, 0.2) is 90.5 Å². The van der Waals surface area contributed by atoms with E-state index in [-0.39, 0.29) is 10.7 Å². The number of aromatic nitrogens is 1. The average Bonchev–Trinajstić information content (AvgIpc) is 3.17. The minimum atomic E-state index is -0.439. The number of carbonyl (C=O) groups excluding carboxylic acids is 2. The highest BCUT2D eigenvalue weighted by molar-refractivity contribution is 7.81. The Bertz CT molecular complexity index is 1570. The van der Waals surface area contributed by atoms with E-state index in [0.717, 1.165) is 33.8 Å². The van der Waals surface area contributed by atoms with Crippen molar-refractivity contribution in [3.63, 3.8) is 0 Å². The lowest BCUT2D eigenvalue weighted by Gasteiger charge is -2.36. The number of para-hydroxylation sites is 2. The minimum Gasteiger partial charge on any atom is -0.318 e. The van der Waals surface area contributed by atoms with Crippen LogP contribution in [0.2, 0.25) is 0 Å². The molecule has 37 heavy (non-hydrogen) atoms. The van der Waals surface area contributed by atoms with Gasteiger partial charge >= 0.3 is 0 Å². The summed E-state index contributed by atoms with van der Waals surface area (Å²) in [6.45, 7) is 8.01. The van der Waals surface area contributed by atoms with Gasteiger partial charge in [-0.3, -0.25) is 19.4 Å². The summed E-state index contributed by atoms with van der Waals surface area (Å²) in [4.78, 5) is 30.6. The van der Waals surface area contributed by atoms with Crippen molar-refractivity contribution < 1.29 is 9.59 Å². The molecule has 3 aromatic carbocycles. The number of hydrogen-bond donors (Lipinski definition) is 0. The summed E-state index contributed by atoms with van der Waals surface area (Å²) in [6, 6.07) is 27.0. The first kappa shape index (κ1) is 24.4. The Morgan fingerprint density at radius 1 is 0.649 bits per heavy atom. The fourth-order valence-electron chi connectivity index (χ4n) is 4.69. The number of nitrogens with zero attached hydrogens (tertiary/aromatic N) is 3. The minimum absolute atomic E-state index is 0.0593. The molecule has 2 heterocycles. The van der Waals surface area contributed by atoms with Crippen molar-refractivity contribution in [2.45, 2.75) is 27.7 Å². The van der Waals surface area contributed by atoms with Gasteiger partial charge in [-0.05, 0) is 105 Å². The zero-order valence-corrected chi connectivity index (χ0v) is 22.0. The van der Waals surface area contributed by atoms with Crippen LogP contribution < -0.4 is 9.80 Å². The fourth-order valence-corrected chi connectivity index (χ4v) is 5.07. The molecule has 0 saturated carbocycles. The standard InChI is InChI=1S/C31H27N3O2S/c1-20-15-16-27(17-21(20)2)34-30(36)28(29(35)33(31(34)37)26-13-9-6-10-14-26)19-24-18-22(3)32(23(24)4)25-11-7-5-8-12-25/h5-19H,1-4H3. The number of amides is 2. The van der Waals surface area contributed by atoms with Crippen molar-refractivity contribution in [1.29, 1.82) is 0 Å². The SMILES string of the molecule is Cc1ccc(N2C(=O)C(=Cc3cc(C)n(-c4ccccc4)c3C)C(=O)N(c3ccccc3)C2=S)cc1C. The molecule has 5 nitrogen and oxygen atoms in total. The van der Waals surface area contributed by atoms with E-state index >= 15 is 0 Å². The Labute approximate surface area is 222 Å². The summed E-state index contributed by atoms with van der Waals surface area (Å²) in [7, 11) is 0. The van der Waals surface area contributed by atoms with Crippen LogP contribution in [-0.4, -0.2) is 21.5 Å². The monoisotopic (exact) mass is 505 g/mol. The van der Waals surface area contributed by atoms with Crippen molar-refractivity contribution in [2.24, 2.45) is 0 Å². The lowest BCUT2D eigenvalue weighted by atomic mass is 10.0. The number of rotatable bonds is 4. The normalized spacial score (nSPS) is 15.1. The molecule has 0 aliphatic carbocycles. The average molecular weight is 506 g/mol. The van der Waals surface area contributed by atoms with Crippen LogP contribution in [0.25, 0.3) is 11.8 Å². The molecule has 2 amide bonds. The number of thiocarbonyl (C=S) groups is 1. The van der Waals surface area contributed by atoms with Crippen LogP contribution in [0.5, 0.6) is 0 Å². The molecule has 0 N–H and O–H groups in total. The Morgan fingerprint density at radius 2 is 1.22 bits per heavy atom. The summed E-state index contributed by atoms with van der Waals surface area (Å²) in [6.07, 6.45) is 1.69. The van der Waals surface area contributed by atoms with E-state index in [1.54, 1.807) is 6.08 Å². The first-order valence-corrected chi connectivity index (χ1v) is 12.5. The molecule has 0 radical (unpaired) electrons. The summed E-state index contributed by atoms with van der Waals surface area (Å²) in [5, 5.41) is 0.136. The van der Waals surface area contributed by atoms with Gasteiger partial charge in [0.1, 0.15) is 5.57 Å². The van der Waals surface area contributed by atoms with E-state index in [4.69, 9.17) is 12.2 Å². The van der Waals surface area contributed by atoms with E-state index in [0.29, 0.717) is 11.4 Å². The van der Waals surface area contributed by atoms with Gasteiger partial charge in [-0.15, -0.1) is 0 Å². The highest BCUT2D eigenvalue weighted by atomic mass is 32.1. The van der Waals surface area contributed by atoms with Crippen molar-refractivity contribution in [2.75, 3.05) is 9.80 Å². The lowest BCUT2D eigenvalue weighted by Crippen LogP contribution is -2.57. The van der Waals surface area contributed by atoms with Gasteiger partial charge in [0, 0.05) is 17.1 Å². The van der Waals surface area contributed by atoms with Gasteiger partial charge in [0.2, 0.25) is 0 Å². The smallest absolute Gasteiger partial charge is 0.270 e. The maximum Gasteiger partial charge on any atom is 0.270 e. The highest BCUT2D eigenvalue weighted by Crippen LogP contribution is 2.32. The maximum absolute atomic E-state index is 13.9. The van der Waals surface area contributed by atoms with E-state index < -0.39 is 11.8 Å². The Hall–Kier alpha value is -4.29. The fraction of sp³-hybridized carbons (Fsp3) is 0.129. The van der Waals surface area contributed by atoms with Gasteiger partial charge in [-0.25, -0.2) is 0 Å². The van der Waals surface area contributed by atoms with Crippen molar-refractivity contribution in [1.82, 2.24) is 4.57 Å². The molecule has 0 unspecified atom stereocenters. The van der Waals surface area contributed by atoms with Crippen LogP contribution in [0.3, 0.4) is 0 Å². The van der Waals surface area contributed by atoms with Gasteiger partial charge in [0.15, 0.2) is 5.11 Å². The van der Waals surface area contributed by atoms with Gasteiger partial charge in [0.05, 0.1) is 11.4 Å². The first-order valence-electron chi connectivity index (χ1n) is 12.1. The number of anilines is 2. The van der Waals surface area contributed by atoms with Crippen molar-refractivity contribution in [3.8, 4) is 5.69 Å². The molecule has 184 valence electrons. The van der Waals surface area contributed by atoms with Gasteiger partial charge in [-0.2, -0.15) is 0 Å². The van der Waals surface area contributed by atoms with Crippen LogP contribution in [0.4, 0.5) is 11.4 Å². The van der Waals surface area contributed by atoms with Crippen LogP contribution in [-0.2, 0) is 9.59 Å². The summed E-state index contributed by atoms with van der Waals surface area (Å²) < 4.78 is 2.12. The number of aryl methyl sites for hydroxylation is 3. The second-order valence-electron chi connectivity index (χ2n) is 9.22. The van der Waals surface area contributed by atoms with Gasteiger partial charge in [0.25, 0.3) is 11.8 Å². The summed E-state index contributed by atoms with van der Waals surface area (Å²) >= 11 is 5.75. The first-order chi connectivity index (χ1) is 17.8. The number of benzene rings is 3. The molecule has 0 bridgehead atoms. The lowest BCUT2D eigenvalue weighted by molar-refractivity contribution is -0.120. The molecule has 1 fully saturated rings. The van der Waals surface area contributed by atoms with Gasteiger partial charge < -0.3 is 4.57 Å². The molecule has 0 spiro atoms. The predicted molar refractivity (Wildman–Crippen MR) is 153 cm³/mol. The van der Waals surface area contributed by atoms with Crippen molar-refractivity contribution in [3.05, 3.63) is 119 Å². The number of hydrogen-bond acceptors (Lipinski definition) is 3. The van der Waals surface area contributed by atoms with E-state index in [1.165, 1.54) is 9.80 Å². The van der Waals surface area contributed by atoms with E-state index in [9.17, 15) is 9.59 Å². The highest BCUT2D eigenvalue weighted by Gasteiger charge is 2.41. The van der Waals surface area contributed by atoms with Crippen LogP contribution in [0, 0.1) is 27.7 Å². The van der Waals surface area contributed by atoms with Crippen LogP contribution in [0.1, 0.15) is 28.1 Å². The molecular formula is C31H27N3O2S. The zero-order valence-electron chi connectivity index (χ0n) is 21.2. The Kier molecular flexibility index (Phi) is 6.36. The van der Waals surface area contributed by atoms with Crippen LogP contribution >= 0.6 is 12.2 Å². The third-order valence-electron chi connectivity index (χ3n) is 6.80. The molecule has 0 atom stereocenters. The second-order valence-corrected chi connectivity index (χ2v) is 9.59. The largest absolute Gasteiger partial charge is 0.318 e. The third-order valence-corrected chi connectivity index (χ3v) is 7.16. The molecule has 1 aliphatic heterocycles.